The van der Waals surface area contributed by atoms with Crippen molar-refractivity contribution in [1.82, 2.24) is 0 Å². The molecule has 29 heavy (non-hydrogen) atoms. The van der Waals surface area contributed by atoms with Gasteiger partial charge in [0.15, 0.2) is 11.5 Å². The van der Waals surface area contributed by atoms with E-state index < -0.39 is 21.9 Å². The highest BCUT2D eigenvalue weighted by atomic mass is 32.2. The lowest BCUT2D eigenvalue weighted by Crippen LogP contribution is -2.25. The summed E-state index contributed by atoms with van der Waals surface area (Å²) >= 11 is 0. The molecule has 0 unspecified atom stereocenters. The smallest absolute Gasteiger partial charge is 0.308 e. The monoisotopic (exact) mass is 418 g/mol. The van der Waals surface area contributed by atoms with Gasteiger partial charge in [-0.15, -0.1) is 0 Å². The van der Waals surface area contributed by atoms with Crippen LogP contribution < -0.4 is 19.1 Å². The van der Waals surface area contributed by atoms with Crippen LogP contribution in [-0.4, -0.2) is 45.2 Å². The third kappa shape index (κ3) is 3.83. The first-order chi connectivity index (χ1) is 13.8. The predicted octanol–water partition coefficient (Wildman–Crippen LogP) is 1.70. The number of carbonyl (C=O) groups excluding carboxylic acids is 1. The average molecular weight is 418 g/mol. The van der Waals surface area contributed by atoms with E-state index in [1.807, 2.05) is 0 Å². The molecule has 0 aromatic heterocycles. The number of carbonyl (C=O) groups is 2. The van der Waals surface area contributed by atoms with Crippen LogP contribution in [0.4, 0.5) is 11.4 Å². The largest absolute Gasteiger partial charge is 0.486 e. The van der Waals surface area contributed by atoms with Gasteiger partial charge < -0.3 is 19.5 Å². The Hall–Kier alpha value is -3.27. The van der Waals surface area contributed by atoms with Crippen molar-refractivity contribution in [3.05, 3.63) is 42.5 Å². The molecule has 10 heteroatoms. The Morgan fingerprint density at radius 3 is 2.41 bits per heavy atom. The molecule has 1 amide bonds. The molecule has 2 aromatic rings. The summed E-state index contributed by atoms with van der Waals surface area (Å²) in [5.41, 5.74) is 0.786. The lowest BCUT2D eigenvalue weighted by molar-refractivity contribution is -0.141. The Balaban J connectivity index is 1.51. The van der Waals surface area contributed by atoms with Crippen molar-refractivity contribution in [2.24, 2.45) is 5.92 Å². The molecule has 2 heterocycles. The number of ether oxygens (including phenoxy) is 2. The van der Waals surface area contributed by atoms with Crippen LogP contribution in [0, 0.1) is 5.92 Å². The Kier molecular flexibility index (Phi) is 4.79. The summed E-state index contributed by atoms with van der Waals surface area (Å²) in [6.45, 7) is 0.898. The maximum Gasteiger partial charge on any atom is 0.308 e. The predicted molar refractivity (Wildman–Crippen MR) is 103 cm³/mol. The molecular formula is C19H18N2O7S. The fraction of sp³-hybridized carbons (Fsp3) is 0.263. The van der Waals surface area contributed by atoms with E-state index in [0.717, 1.165) is 0 Å². The van der Waals surface area contributed by atoms with E-state index in [1.54, 1.807) is 18.2 Å². The molecular weight excluding hydrogens is 400 g/mol. The number of aliphatic carboxylic acids is 1. The molecule has 2 aliphatic heterocycles. The van der Waals surface area contributed by atoms with Crippen LogP contribution >= 0.6 is 0 Å². The fourth-order valence-corrected chi connectivity index (χ4v) is 4.30. The maximum atomic E-state index is 12.7. The molecule has 0 spiro atoms. The van der Waals surface area contributed by atoms with E-state index in [4.69, 9.17) is 14.6 Å². The third-order valence-electron chi connectivity index (χ3n) is 4.73. The van der Waals surface area contributed by atoms with Crippen LogP contribution in [-0.2, 0) is 19.6 Å². The zero-order valence-corrected chi connectivity index (χ0v) is 16.0. The Bertz CT molecular complexity index is 1070. The van der Waals surface area contributed by atoms with E-state index in [2.05, 4.69) is 4.72 Å². The van der Waals surface area contributed by atoms with Crippen LogP contribution in [0.2, 0.25) is 0 Å². The highest BCUT2D eigenvalue weighted by molar-refractivity contribution is 7.92. The van der Waals surface area contributed by atoms with Gasteiger partial charge in [0.1, 0.15) is 13.2 Å². The summed E-state index contributed by atoms with van der Waals surface area (Å²) in [5, 5.41) is 9.08. The SMILES string of the molecule is O=C(O)[C@H]1CC(=O)N(c2ccc(S(=O)(=O)Nc3ccc4c(c3)OCCO4)cc2)C1. The topological polar surface area (TPSA) is 122 Å². The molecule has 2 aliphatic rings. The van der Waals surface area contributed by atoms with Gasteiger partial charge in [-0.2, -0.15) is 0 Å². The third-order valence-corrected chi connectivity index (χ3v) is 6.12. The molecule has 0 aliphatic carbocycles. The van der Waals surface area contributed by atoms with Crippen molar-refractivity contribution < 1.29 is 32.6 Å². The first kappa shape index (κ1) is 19.1. The van der Waals surface area contributed by atoms with E-state index in [0.29, 0.717) is 36.1 Å². The number of amides is 1. The van der Waals surface area contributed by atoms with E-state index in [1.165, 1.54) is 29.2 Å². The number of fused-ring (bicyclic) bond motifs is 1. The molecule has 0 saturated carbocycles. The Morgan fingerprint density at radius 1 is 1.07 bits per heavy atom. The minimum Gasteiger partial charge on any atom is -0.486 e. The molecule has 1 saturated heterocycles. The number of hydrogen-bond donors (Lipinski definition) is 2. The van der Waals surface area contributed by atoms with E-state index in [-0.39, 0.29) is 23.8 Å². The zero-order valence-electron chi connectivity index (χ0n) is 15.2. The Morgan fingerprint density at radius 2 is 1.76 bits per heavy atom. The normalized spacial score (nSPS) is 18.6. The summed E-state index contributed by atoms with van der Waals surface area (Å²) in [4.78, 5) is 24.5. The summed E-state index contributed by atoms with van der Waals surface area (Å²) in [7, 11) is -3.86. The second-order valence-corrected chi connectivity index (χ2v) is 8.38. The Labute approximate surface area is 166 Å². The minimum absolute atomic E-state index is 0.0116. The van der Waals surface area contributed by atoms with Crippen molar-refractivity contribution >= 4 is 33.3 Å². The van der Waals surface area contributed by atoms with Crippen molar-refractivity contribution in [3.8, 4) is 11.5 Å². The number of carboxylic acid groups (broad SMARTS) is 1. The van der Waals surface area contributed by atoms with Gasteiger partial charge in [0, 0.05) is 24.7 Å². The lowest BCUT2D eigenvalue weighted by Gasteiger charge is -2.19. The number of rotatable bonds is 5. The second-order valence-electron chi connectivity index (χ2n) is 6.70. The van der Waals surface area contributed by atoms with Crippen LogP contribution in [0.3, 0.4) is 0 Å². The first-order valence-electron chi connectivity index (χ1n) is 8.89. The van der Waals surface area contributed by atoms with Gasteiger partial charge in [0.2, 0.25) is 5.91 Å². The van der Waals surface area contributed by atoms with Gasteiger partial charge in [-0.25, -0.2) is 8.42 Å². The van der Waals surface area contributed by atoms with Crippen molar-refractivity contribution in [2.45, 2.75) is 11.3 Å². The number of hydrogen-bond acceptors (Lipinski definition) is 6. The molecule has 2 aromatic carbocycles. The number of benzene rings is 2. The van der Waals surface area contributed by atoms with Gasteiger partial charge in [-0.1, -0.05) is 0 Å². The molecule has 1 atom stereocenters. The highest BCUT2D eigenvalue weighted by Gasteiger charge is 2.35. The van der Waals surface area contributed by atoms with E-state index in [9.17, 15) is 18.0 Å². The first-order valence-corrected chi connectivity index (χ1v) is 10.4. The minimum atomic E-state index is -3.86. The van der Waals surface area contributed by atoms with Gasteiger partial charge in [-0.05, 0) is 36.4 Å². The number of nitrogens with zero attached hydrogens (tertiary/aromatic N) is 1. The second kappa shape index (κ2) is 7.28. The van der Waals surface area contributed by atoms with Gasteiger partial charge >= 0.3 is 5.97 Å². The fourth-order valence-electron chi connectivity index (χ4n) is 3.25. The van der Waals surface area contributed by atoms with Crippen molar-refractivity contribution in [2.75, 3.05) is 29.4 Å². The van der Waals surface area contributed by atoms with Crippen LogP contribution in [0.1, 0.15) is 6.42 Å². The number of carboxylic acids is 1. The molecule has 9 nitrogen and oxygen atoms in total. The van der Waals surface area contributed by atoms with Gasteiger partial charge in [0.05, 0.1) is 16.5 Å². The van der Waals surface area contributed by atoms with Gasteiger partial charge in [0.25, 0.3) is 10.0 Å². The molecule has 1 fully saturated rings. The average Bonchev–Trinajstić information content (AvgIpc) is 3.10. The molecule has 152 valence electrons. The van der Waals surface area contributed by atoms with Crippen molar-refractivity contribution in [3.63, 3.8) is 0 Å². The molecule has 4 rings (SSSR count). The number of nitrogens with one attached hydrogen (secondary N) is 1. The lowest BCUT2D eigenvalue weighted by atomic mass is 10.1. The maximum absolute atomic E-state index is 12.7. The zero-order chi connectivity index (χ0) is 20.6. The van der Waals surface area contributed by atoms with Gasteiger partial charge in [-0.3, -0.25) is 14.3 Å². The van der Waals surface area contributed by atoms with Crippen LogP contribution in [0.25, 0.3) is 0 Å². The number of sulfonamides is 1. The molecule has 0 bridgehead atoms. The summed E-state index contributed by atoms with van der Waals surface area (Å²) < 4.78 is 38.7. The van der Waals surface area contributed by atoms with Crippen LogP contribution in [0.15, 0.2) is 47.4 Å². The van der Waals surface area contributed by atoms with Crippen molar-refractivity contribution in [1.29, 1.82) is 0 Å². The quantitative estimate of drug-likeness (QED) is 0.758. The number of anilines is 2. The van der Waals surface area contributed by atoms with Crippen LogP contribution in [0.5, 0.6) is 11.5 Å². The standard InChI is InChI=1S/C19H18N2O7S/c22-18-9-12(19(23)24)11-21(18)14-2-4-15(5-3-14)29(25,26)20-13-1-6-16-17(10-13)28-8-7-27-16/h1-6,10,12,20H,7-9,11H2,(H,23,24)/t12-/m0/s1. The summed E-state index contributed by atoms with van der Waals surface area (Å²) in [6, 6.07) is 10.5. The summed E-state index contributed by atoms with van der Waals surface area (Å²) in [5.74, 6) is -1.07. The summed E-state index contributed by atoms with van der Waals surface area (Å²) in [6.07, 6.45) is -0.0684. The molecule has 0 radical (unpaired) electrons. The highest BCUT2D eigenvalue weighted by Crippen LogP contribution is 2.33. The molecule has 2 N–H and O–H groups in total. The van der Waals surface area contributed by atoms with E-state index >= 15 is 0 Å².